The highest BCUT2D eigenvalue weighted by Gasteiger charge is 2.31. The van der Waals surface area contributed by atoms with Gasteiger partial charge in [-0.25, -0.2) is 9.13 Å². The van der Waals surface area contributed by atoms with Gasteiger partial charge in [0, 0.05) is 0 Å². The van der Waals surface area contributed by atoms with Crippen molar-refractivity contribution < 1.29 is 9.67 Å². The number of rotatable bonds is 2. The Balaban J connectivity index is 2.39. The molecule has 0 saturated heterocycles. The van der Waals surface area contributed by atoms with Crippen LogP contribution in [0.1, 0.15) is 12.7 Å². The molecule has 0 amide bonds. The summed E-state index contributed by atoms with van der Waals surface area (Å²) >= 11 is 0. The van der Waals surface area contributed by atoms with Gasteiger partial charge in [0.15, 0.2) is 11.0 Å². The van der Waals surface area contributed by atoms with Crippen molar-refractivity contribution >= 4 is 22.4 Å². The van der Waals surface area contributed by atoms with Gasteiger partial charge in [-0.3, -0.25) is 4.99 Å². The standard InChI is InChI=1S/C14H16N4O/c1-3-18-10-7-5-4-6-9(10)17(2)14(18)12-11(19)8-16-13(12)15/h4-7H,3,8H2,1-2H3,(H2,15,16)/p+1. The topological polar surface area (TPSA) is 67.4 Å². The maximum atomic E-state index is 10.0. The summed E-state index contributed by atoms with van der Waals surface area (Å²) in [4.78, 5) is 4.11. The Hall–Kier alpha value is -2.30. The summed E-state index contributed by atoms with van der Waals surface area (Å²) in [5.74, 6) is 1.55. The number of aliphatic hydroxyl groups excluding tert-OH is 1. The number of para-hydroxylation sites is 2. The molecule has 0 radical (unpaired) electrons. The number of benzene rings is 1. The van der Waals surface area contributed by atoms with E-state index in [1.54, 1.807) is 0 Å². The first-order valence-corrected chi connectivity index (χ1v) is 6.35. The molecule has 0 fully saturated rings. The van der Waals surface area contributed by atoms with Gasteiger partial charge in [-0.2, -0.15) is 0 Å². The van der Waals surface area contributed by atoms with Crippen molar-refractivity contribution in [2.75, 3.05) is 6.54 Å². The summed E-state index contributed by atoms with van der Waals surface area (Å²) in [7, 11) is 1.98. The predicted octanol–water partition coefficient (Wildman–Crippen LogP) is 1.13. The predicted molar refractivity (Wildman–Crippen MR) is 74.8 cm³/mol. The second kappa shape index (κ2) is 4.12. The highest BCUT2D eigenvalue weighted by molar-refractivity contribution is 6.23. The fourth-order valence-electron chi connectivity index (χ4n) is 2.72. The van der Waals surface area contributed by atoms with Crippen LogP contribution in [0, 0.1) is 0 Å². The van der Waals surface area contributed by atoms with Crippen molar-refractivity contribution in [2.24, 2.45) is 17.8 Å². The fourth-order valence-corrected chi connectivity index (χ4v) is 2.72. The lowest BCUT2D eigenvalue weighted by Crippen LogP contribution is -2.35. The number of imidazole rings is 1. The Bertz CT molecular complexity index is 724. The SMILES string of the molecule is CCn1c(C2=C(O)CN=C2N)[n+](C)c2ccccc21. The van der Waals surface area contributed by atoms with E-state index in [-0.39, 0.29) is 12.3 Å². The molecule has 1 aliphatic heterocycles. The second-order valence-electron chi connectivity index (χ2n) is 4.64. The molecule has 0 atom stereocenters. The first-order chi connectivity index (χ1) is 9.15. The van der Waals surface area contributed by atoms with Crippen LogP contribution in [0.15, 0.2) is 35.0 Å². The third kappa shape index (κ3) is 1.54. The number of amidine groups is 1. The molecule has 0 saturated carbocycles. The highest BCUT2D eigenvalue weighted by Crippen LogP contribution is 2.24. The molecule has 0 aliphatic carbocycles. The van der Waals surface area contributed by atoms with Crippen molar-refractivity contribution in [1.29, 1.82) is 0 Å². The largest absolute Gasteiger partial charge is 0.509 e. The van der Waals surface area contributed by atoms with Crippen molar-refractivity contribution in [3.8, 4) is 0 Å². The minimum atomic E-state index is 0.241. The molecule has 5 heteroatoms. The number of nitrogens with two attached hydrogens (primary N) is 1. The Morgan fingerprint density at radius 1 is 1.42 bits per heavy atom. The Morgan fingerprint density at radius 3 is 2.79 bits per heavy atom. The van der Waals surface area contributed by atoms with E-state index in [0.717, 1.165) is 23.4 Å². The maximum absolute atomic E-state index is 10.0. The number of aromatic nitrogens is 2. The van der Waals surface area contributed by atoms with E-state index >= 15 is 0 Å². The average Bonchev–Trinajstić information content (AvgIpc) is 2.88. The number of hydrogen-bond donors (Lipinski definition) is 2. The summed E-state index contributed by atoms with van der Waals surface area (Å²) in [6, 6.07) is 8.15. The molecule has 0 spiro atoms. The molecule has 2 heterocycles. The van der Waals surface area contributed by atoms with Crippen molar-refractivity contribution in [3.05, 3.63) is 35.8 Å². The molecule has 0 unspecified atom stereocenters. The molecule has 3 N–H and O–H groups in total. The molecule has 19 heavy (non-hydrogen) atoms. The Kier molecular flexibility index (Phi) is 2.55. The summed E-state index contributed by atoms with van der Waals surface area (Å²) in [6.45, 7) is 3.16. The first-order valence-electron chi connectivity index (χ1n) is 6.35. The minimum Gasteiger partial charge on any atom is -0.509 e. The minimum absolute atomic E-state index is 0.241. The van der Waals surface area contributed by atoms with Gasteiger partial charge in [0.2, 0.25) is 0 Å². The van der Waals surface area contributed by atoms with E-state index in [2.05, 4.69) is 33.2 Å². The van der Waals surface area contributed by atoms with E-state index in [9.17, 15) is 5.11 Å². The number of aliphatic hydroxyl groups is 1. The van der Waals surface area contributed by atoms with Crippen LogP contribution in [0.3, 0.4) is 0 Å². The monoisotopic (exact) mass is 257 g/mol. The zero-order valence-electron chi connectivity index (χ0n) is 11.1. The van der Waals surface area contributed by atoms with Crippen molar-refractivity contribution in [1.82, 2.24) is 4.57 Å². The van der Waals surface area contributed by atoms with Crippen LogP contribution in [-0.2, 0) is 13.6 Å². The van der Waals surface area contributed by atoms with Crippen molar-refractivity contribution in [2.45, 2.75) is 13.5 Å². The molecular weight excluding hydrogens is 240 g/mol. The summed E-state index contributed by atoms with van der Waals surface area (Å²) in [5, 5.41) is 10.0. The third-order valence-corrected chi connectivity index (χ3v) is 3.59. The fraction of sp³-hybridized carbons (Fsp3) is 0.286. The van der Waals surface area contributed by atoms with Crippen LogP contribution in [-0.4, -0.2) is 22.1 Å². The van der Waals surface area contributed by atoms with E-state index in [4.69, 9.17) is 5.73 Å². The smallest absolute Gasteiger partial charge is 0.296 e. The van der Waals surface area contributed by atoms with Gasteiger partial charge in [0.05, 0.1) is 20.1 Å². The molecule has 1 aliphatic rings. The molecular formula is C14H17N4O+. The average molecular weight is 257 g/mol. The first kappa shape index (κ1) is 11.8. The normalized spacial score (nSPS) is 15.4. The Labute approximate surface area is 111 Å². The van der Waals surface area contributed by atoms with Gasteiger partial charge in [-0.15, -0.1) is 0 Å². The molecule has 98 valence electrons. The number of nitrogens with zero attached hydrogens (tertiary/aromatic N) is 3. The van der Waals surface area contributed by atoms with Gasteiger partial charge < -0.3 is 10.8 Å². The molecule has 5 nitrogen and oxygen atoms in total. The van der Waals surface area contributed by atoms with E-state index in [0.29, 0.717) is 11.4 Å². The zero-order valence-corrected chi connectivity index (χ0v) is 11.1. The Morgan fingerprint density at radius 2 is 2.16 bits per heavy atom. The van der Waals surface area contributed by atoms with Gasteiger partial charge in [0.25, 0.3) is 5.82 Å². The second-order valence-corrected chi connectivity index (χ2v) is 4.64. The van der Waals surface area contributed by atoms with Crippen molar-refractivity contribution in [3.63, 3.8) is 0 Å². The summed E-state index contributed by atoms with van der Waals surface area (Å²) in [6.07, 6.45) is 0. The summed E-state index contributed by atoms with van der Waals surface area (Å²) < 4.78 is 4.20. The van der Waals surface area contributed by atoms with Gasteiger partial charge in [0.1, 0.15) is 17.2 Å². The van der Waals surface area contributed by atoms with E-state index in [1.165, 1.54) is 0 Å². The molecule has 1 aromatic carbocycles. The van der Waals surface area contributed by atoms with Gasteiger partial charge in [-0.1, -0.05) is 12.1 Å². The zero-order chi connectivity index (χ0) is 13.6. The summed E-state index contributed by atoms with van der Waals surface area (Å²) in [5.41, 5.74) is 8.81. The van der Waals surface area contributed by atoms with Gasteiger partial charge in [-0.05, 0) is 19.1 Å². The molecule has 1 aromatic heterocycles. The quantitative estimate of drug-likeness (QED) is 0.792. The molecule has 0 bridgehead atoms. The van der Waals surface area contributed by atoms with Crippen LogP contribution >= 0.6 is 0 Å². The lowest BCUT2D eigenvalue weighted by molar-refractivity contribution is -0.648. The van der Waals surface area contributed by atoms with E-state index in [1.807, 2.05) is 19.2 Å². The van der Waals surface area contributed by atoms with Crippen LogP contribution < -0.4 is 10.3 Å². The number of fused-ring (bicyclic) bond motifs is 1. The van der Waals surface area contributed by atoms with Crippen LogP contribution in [0.5, 0.6) is 0 Å². The lowest BCUT2D eigenvalue weighted by Gasteiger charge is -2.02. The number of aliphatic imine (C=N–C) groups is 1. The van der Waals surface area contributed by atoms with Crippen LogP contribution in [0.25, 0.3) is 16.6 Å². The molecule has 2 aromatic rings. The lowest BCUT2D eigenvalue weighted by atomic mass is 10.2. The van der Waals surface area contributed by atoms with E-state index < -0.39 is 0 Å². The number of aryl methyl sites for hydroxylation is 2. The third-order valence-electron chi connectivity index (χ3n) is 3.59. The maximum Gasteiger partial charge on any atom is 0.296 e. The molecule has 3 rings (SSSR count). The van der Waals surface area contributed by atoms with Crippen LogP contribution in [0.4, 0.5) is 0 Å². The van der Waals surface area contributed by atoms with Crippen LogP contribution in [0.2, 0.25) is 0 Å². The van der Waals surface area contributed by atoms with Gasteiger partial charge >= 0.3 is 0 Å². The highest BCUT2D eigenvalue weighted by atomic mass is 16.3. The number of hydrogen-bond acceptors (Lipinski definition) is 3.